The molecule has 2 fully saturated rings. The van der Waals surface area contributed by atoms with Crippen LogP contribution in [0.1, 0.15) is 57.4 Å². The average molecular weight is 387 g/mol. The Balaban J connectivity index is 1.52. The number of carbonyl (C=O) groups is 1. The van der Waals surface area contributed by atoms with Crippen LogP contribution in [0, 0.1) is 23.6 Å². The highest BCUT2D eigenvalue weighted by Gasteiger charge is 2.43. The van der Waals surface area contributed by atoms with E-state index in [1.165, 1.54) is 37.0 Å². The molecule has 2 aliphatic rings. The van der Waals surface area contributed by atoms with E-state index in [1.807, 2.05) is 0 Å². The van der Waals surface area contributed by atoms with Gasteiger partial charge in [0.2, 0.25) is 0 Å². The number of hydroxylamine groups is 1. The summed E-state index contributed by atoms with van der Waals surface area (Å²) in [5.41, 5.74) is 6.65. The zero-order chi connectivity index (χ0) is 19.9. The Kier molecular flexibility index (Phi) is 7.26. The van der Waals surface area contributed by atoms with Gasteiger partial charge in [0.15, 0.2) is 0 Å². The summed E-state index contributed by atoms with van der Waals surface area (Å²) < 4.78 is 13.0. The Morgan fingerprint density at radius 2 is 2.07 bits per heavy atom. The van der Waals surface area contributed by atoms with Crippen molar-refractivity contribution in [1.82, 2.24) is 5.48 Å². The van der Waals surface area contributed by atoms with Crippen molar-refractivity contribution < 1.29 is 19.1 Å². The van der Waals surface area contributed by atoms with Crippen LogP contribution in [0.5, 0.6) is 0 Å². The minimum absolute atomic E-state index is 0.234. The number of allylic oxidation sites excluding steroid dienone is 4. The molecule has 0 saturated heterocycles. The number of rotatable bonds is 10. The summed E-state index contributed by atoms with van der Waals surface area (Å²) in [6, 6.07) is 6.35. The van der Waals surface area contributed by atoms with E-state index in [0.29, 0.717) is 24.9 Å². The molecule has 1 aromatic rings. The highest BCUT2D eigenvalue weighted by molar-refractivity contribution is 5.66. The van der Waals surface area contributed by atoms with Crippen molar-refractivity contribution in [1.29, 1.82) is 0 Å². The molecule has 2 saturated carbocycles. The van der Waals surface area contributed by atoms with Crippen LogP contribution in [0.4, 0.5) is 4.39 Å². The SMILES string of the molecule is CC(NOCc1ccc(F)cc1)=C1C2CCC(C2)C1CC=CCCCC(=O)O. The molecule has 0 aromatic heterocycles. The second-order valence-electron chi connectivity index (χ2n) is 7.97. The standard InChI is InChI=1S/C23H30FNO3/c1-16(25-28-15-17-8-12-20(24)13-9-17)23-19-11-10-18(14-19)21(23)6-4-2-3-5-7-22(26)27/h2,4,8-9,12-13,18-19,21,25H,3,5-7,10-11,14-15H2,1H3,(H,26,27). The number of benzene rings is 1. The number of carboxylic acid groups (broad SMARTS) is 1. The van der Waals surface area contributed by atoms with Gasteiger partial charge in [-0.15, -0.1) is 0 Å². The summed E-state index contributed by atoms with van der Waals surface area (Å²) in [4.78, 5) is 16.2. The first-order valence-electron chi connectivity index (χ1n) is 10.2. The predicted octanol–water partition coefficient (Wildman–Crippen LogP) is 5.37. The third-order valence-electron chi connectivity index (χ3n) is 6.01. The predicted molar refractivity (Wildman–Crippen MR) is 107 cm³/mol. The number of unbranched alkanes of at least 4 members (excludes halogenated alkanes) is 1. The van der Waals surface area contributed by atoms with Gasteiger partial charge in [0.25, 0.3) is 0 Å². The smallest absolute Gasteiger partial charge is 0.303 e. The lowest BCUT2D eigenvalue weighted by Crippen LogP contribution is -2.21. The highest BCUT2D eigenvalue weighted by Crippen LogP contribution is 2.54. The fraction of sp³-hybridized carbons (Fsp3) is 0.522. The normalized spacial score (nSPS) is 25.4. The molecule has 2 bridgehead atoms. The van der Waals surface area contributed by atoms with Crippen molar-refractivity contribution in [3.05, 3.63) is 59.1 Å². The fourth-order valence-corrected chi connectivity index (χ4v) is 4.72. The molecule has 0 amide bonds. The first-order chi connectivity index (χ1) is 13.5. The molecule has 0 radical (unpaired) electrons. The maximum atomic E-state index is 13.0. The molecule has 0 aliphatic heterocycles. The van der Waals surface area contributed by atoms with Crippen LogP contribution in [-0.4, -0.2) is 11.1 Å². The summed E-state index contributed by atoms with van der Waals surface area (Å²) in [6.07, 6.45) is 10.9. The van der Waals surface area contributed by atoms with Gasteiger partial charge >= 0.3 is 5.97 Å². The van der Waals surface area contributed by atoms with Crippen molar-refractivity contribution >= 4 is 5.97 Å². The quantitative estimate of drug-likeness (QED) is 0.322. The second kappa shape index (κ2) is 9.87. The lowest BCUT2D eigenvalue weighted by atomic mass is 9.81. The van der Waals surface area contributed by atoms with Gasteiger partial charge in [-0.3, -0.25) is 15.1 Å². The lowest BCUT2D eigenvalue weighted by Gasteiger charge is -2.26. The maximum Gasteiger partial charge on any atom is 0.303 e. The minimum Gasteiger partial charge on any atom is -0.481 e. The van der Waals surface area contributed by atoms with Crippen molar-refractivity contribution in [2.24, 2.45) is 17.8 Å². The molecule has 0 heterocycles. The van der Waals surface area contributed by atoms with Gasteiger partial charge in [0.05, 0.1) is 6.61 Å². The van der Waals surface area contributed by atoms with Crippen LogP contribution in [0.15, 0.2) is 47.7 Å². The van der Waals surface area contributed by atoms with E-state index in [4.69, 9.17) is 9.94 Å². The van der Waals surface area contributed by atoms with E-state index in [2.05, 4.69) is 24.6 Å². The number of aliphatic carboxylic acids is 1. The summed E-state index contributed by atoms with van der Waals surface area (Å²) in [7, 11) is 0. The molecule has 4 nitrogen and oxygen atoms in total. The first kappa shape index (κ1) is 20.6. The molecule has 3 atom stereocenters. The van der Waals surface area contributed by atoms with Crippen LogP contribution in [0.3, 0.4) is 0 Å². The maximum absolute atomic E-state index is 13.0. The van der Waals surface area contributed by atoms with E-state index in [9.17, 15) is 9.18 Å². The van der Waals surface area contributed by atoms with Gasteiger partial charge in [-0.25, -0.2) is 4.39 Å². The van der Waals surface area contributed by atoms with E-state index in [0.717, 1.165) is 30.0 Å². The van der Waals surface area contributed by atoms with Crippen molar-refractivity contribution in [3.63, 3.8) is 0 Å². The Labute approximate surface area is 166 Å². The molecule has 3 unspecified atom stereocenters. The molecule has 0 spiro atoms. The van der Waals surface area contributed by atoms with Crippen molar-refractivity contribution in [2.75, 3.05) is 0 Å². The first-order valence-corrected chi connectivity index (χ1v) is 10.2. The Bertz CT molecular complexity index is 726. The molecule has 5 heteroatoms. The molecule has 2 aliphatic carbocycles. The van der Waals surface area contributed by atoms with Crippen LogP contribution in [0.25, 0.3) is 0 Å². The summed E-state index contributed by atoms with van der Waals surface area (Å²) in [5, 5.41) is 8.70. The Morgan fingerprint density at radius 1 is 1.29 bits per heavy atom. The van der Waals surface area contributed by atoms with Crippen LogP contribution >= 0.6 is 0 Å². The number of halogens is 1. The van der Waals surface area contributed by atoms with Gasteiger partial charge in [-0.2, -0.15) is 0 Å². The lowest BCUT2D eigenvalue weighted by molar-refractivity contribution is -0.137. The second-order valence-corrected chi connectivity index (χ2v) is 7.97. The van der Waals surface area contributed by atoms with E-state index >= 15 is 0 Å². The van der Waals surface area contributed by atoms with E-state index in [1.54, 1.807) is 12.1 Å². The number of fused-ring (bicyclic) bond motifs is 2. The molecular weight excluding hydrogens is 357 g/mol. The minimum atomic E-state index is -0.728. The Morgan fingerprint density at radius 3 is 2.82 bits per heavy atom. The number of nitrogens with one attached hydrogen (secondary N) is 1. The van der Waals surface area contributed by atoms with E-state index in [-0.39, 0.29) is 12.2 Å². The number of carboxylic acids is 1. The molecule has 1 aromatic carbocycles. The summed E-state index contributed by atoms with van der Waals surface area (Å²) in [5.74, 6) is 0.983. The zero-order valence-electron chi connectivity index (χ0n) is 16.5. The monoisotopic (exact) mass is 387 g/mol. The summed E-state index contributed by atoms with van der Waals surface area (Å²) >= 11 is 0. The largest absolute Gasteiger partial charge is 0.481 e. The van der Waals surface area contributed by atoms with Gasteiger partial charge in [0, 0.05) is 12.1 Å². The van der Waals surface area contributed by atoms with Gasteiger partial charge in [-0.05, 0) is 86.5 Å². The Hall–Kier alpha value is -2.14. The molecule has 152 valence electrons. The van der Waals surface area contributed by atoms with Gasteiger partial charge in [-0.1, -0.05) is 24.3 Å². The average Bonchev–Trinajstić information content (AvgIpc) is 3.27. The topological polar surface area (TPSA) is 58.6 Å². The van der Waals surface area contributed by atoms with Crippen molar-refractivity contribution in [2.45, 2.75) is 58.5 Å². The number of hydrogen-bond acceptors (Lipinski definition) is 3. The van der Waals surface area contributed by atoms with E-state index < -0.39 is 5.97 Å². The molecular formula is C23H30FNO3. The molecule has 3 rings (SSSR count). The van der Waals surface area contributed by atoms with Crippen LogP contribution in [0.2, 0.25) is 0 Å². The van der Waals surface area contributed by atoms with Crippen molar-refractivity contribution in [3.8, 4) is 0 Å². The zero-order valence-corrected chi connectivity index (χ0v) is 16.5. The van der Waals surface area contributed by atoms with Gasteiger partial charge in [0.1, 0.15) is 5.82 Å². The number of hydrogen-bond donors (Lipinski definition) is 2. The third-order valence-corrected chi connectivity index (χ3v) is 6.01. The van der Waals surface area contributed by atoms with Crippen LogP contribution < -0.4 is 5.48 Å². The molecule has 2 N–H and O–H groups in total. The molecule has 28 heavy (non-hydrogen) atoms. The third kappa shape index (κ3) is 5.44. The van der Waals surface area contributed by atoms with Crippen LogP contribution in [-0.2, 0) is 16.2 Å². The fourth-order valence-electron chi connectivity index (χ4n) is 4.72. The highest BCUT2D eigenvalue weighted by atomic mass is 19.1. The van der Waals surface area contributed by atoms with Gasteiger partial charge < -0.3 is 5.11 Å². The summed E-state index contributed by atoms with van der Waals surface area (Å²) in [6.45, 7) is 2.48.